The van der Waals surface area contributed by atoms with Crippen molar-refractivity contribution in [3.63, 3.8) is 0 Å². The zero-order valence-electron chi connectivity index (χ0n) is 17.3. The largest absolute Gasteiger partial charge is 0.451 e. The van der Waals surface area contributed by atoms with Crippen LogP contribution in [0.4, 0.5) is 32.3 Å². The van der Waals surface area contributed by atoms with Gasteiger partial charge in [0.2, 0.25) is 17.6 Å². The topological polar surface area (TPSA) is 98.2 Å². The maximum Gasteiger partial charge on any atom is 0.451 e. The summed E-state index contributed by atoms with van der Waals surface area (Å²) in [5.74, 6) is -4.74. The minimum Gasteiger partial charge on any atom is -0.396 e. The fraction of sp³-hybridized carbons (Fsp3) is 0.450. The highest BCUT2D eigenvalue weighted by Gasteiger charge is 2.43. The van der Waals surface area contributed by atoms with E-state index in [0.29, 0.717) is 16.2 Å². The van der Waals surface area contributed by atoms with Gasteiger partial charge in [0, 0.05) is 34.8 Å². The Morgan fingerprint density at radius 1 is 1.09 bits per heavy atom. The normalized spacial score (nSPS) is 17.8. The highest BCUT2D eigenvalue weighted by atomic mass is 35.5. The number of aliphatic hydroxyl groups excluding tert-OH is 2. The van der Waals surface area contributed by atoms with Crippen LogP contribution in [0.3, 0.4) is 0 Å². The first kappa shape index (κ1) is 24.5. The van der Waals surface area contributed by atoms with Crippen LogP contribution in [0, 0.1) is 0 Å². The molecule has 3 heterocycles. The highest BCUT2D eigenvalue weighted by Crippen LogP contribution is 2.41. The van der Waals surface area contributed by atoms with E-state index in [9.17, 15) is 31.4 Å². The molecule has 2 aromatic heterocycles. The van der Waals surface area contributed by atoms with Crippen molar-refractivity contribution in [1.82, 2.24) is 19.9 Å². The Balaban J connectivity index is 1.86. The van der Waals surface area contributed by atoms with Gasteiger partial charge in [0.05, 0.1) is 12.1 Å². The molecule has 0 amide bonds. The van der Waals surface area contributed by atoms with Crippen molar-refractivity contribution in [2.24, 2.45) is 0 Å². The number of aromatic nitrogens is 4. The Hall–Kier alpha value is -2.64. The van der Waals surface area contributed by atoms with Crippen LogP contribution in [0.2, 0.25) is 5.02 Å². The predicted octanol–water partition coefficient (Wildman–Crippen LogP) is 4.28. The lowest BCUT2D eigenvalue weighted by Gasteiger charge is -2.37. The zero-order chi connectivity index (χ0) is 24.8. The number of nitrogens with one attached hydrogen (secondary N) is 1. The van der Waals surface area contributed by atoms with Crippen LogP contribution in [0.25, 0.3) is 10.9 Å². The summed E-state index contributed by atoms with van der Waals surface area (Å²) in [6, 6.07) is 4.14. The summed E-state index contributed by atoms with van der Waals surface area (Å²) in [5, 5.41) is 20.7. The molecular weight excluding hydrogens is 492 g/mol. The standard InChI is InChI=1S/C20H18ClF6N5O2/c21-9-1-2-13-12(7-9)11-3-5-32(14(15(11)28-13)8-10(34)4-6-33)18-30-16(19(22,23)24)29-17(31-18)20(25,26)27/h1-2,7,10,14,28,33-34H,3-6,8H2/t10-,14-/m1/s1. The molecule has 1 aliphatic heterocycles. The lowest BCUT2D eigenvalue weighted by Crippen LogP contribution is -2.39. The van der Waals surface area contributed by atoms with Crippen molar-refractivity contribution in [3.05, 3.63) is 46.1 Å². The fourth-order valence-electron chi connectivity index (χ4n) is 4.09. The maximum absolute atomic E-state index is 13.3. The molecule has 7 nitrogen and oxygen atoms in total. The number of hydrogen-bond acceptors (Lipinski definition) is 6. The van der Waals surface area contributed by atoms with Crippen LogP contribution >= 0.6 is 11.6 Å². The van der Waals surface area contributed by atoms with Gasteiger partial charge >= 0.3 is 12.4 Å². The minimum absolute atomic E-state index is 0.0262. The molecule has 0 unspecified atom stereocenters. The molecule has 184 valence electrons. The third kappa shape index (κ3) is 4.77. The van der Waals surface area contributed by atoms with Gasteiger partial charge in [-0.1, -0.05) is 11.6 Å². The van der Waals surface area contributed by atoms with Crippen molar-refractivity contribution >= 4 is 28.5 Å². The molecule has 34 heavy (non-hydrogen) atoms. The van der Waals surface area contributed by atoms with Crippen LogP contribution < -0.4 is 4.90 Å². The highest BCUT2D eigenvalue weighted by molar-refractivity contribution is 6.31. The van der Waals surface area contributed by atoms with Gasteiger partial charge in [-0.15, -0.1) is 0 Å². The van der Waals surface area contributed by atoms with Crippen molar-refractivity contribution in [2.75, 3.05) is 18.1 Å². The second-order valence-corrected chi connectivity index (χ2v) is 8.28. The van der Waals surface area contributed by atoms with Gasteiger partial charge in [0.15, 0.2) is 0 Å². The Kier molecular flexibility index (Phi) is 6.38. The maximum atomic E-state index is 13.3. The molecule has 4 rings (SSSR count). The summed E-state index contributed by atoms with van der Waals surface area (Å²) in [7, 11) is 0. The Bertz CT molecular complexity index is 1170. The number of hydrogen-bond donors (Lipinski definition) is 3. The number of halogens is 7. The van der Waals surface area contributed by atoms with Crippen LogP contribution in [0.5, 0.6) is 0 Å². The molecule has 2 atom stereocenters. The molecule has 0 spiro atoms. The van der Waals surface area contributed by atoms with Crippen LogP contribution in [-0.2, 0) is 18.8 Å². The first-order valence-corrected chi connectivity index (χ1v) is 10.5. The van der Waals surface area contributed by atoms with E-state index >= 15 is 0 Å². The SMILES string of the molecule is OCC[C@@H](O)C[C@@H]1c2[nH]c3ccc(Cl)cc3c2CCN1c1nc(C(F)(F)F)nc(C(F)(F)F)n1. The summed E-state index contributed by atoms with van der Waals surface area (Å²) in [5.41, 5.74) is 1.93. The summed E-state index contributed by atoms with van der Waals surface area (Å²) < 4.78 is 79.8. The molecular formula is C20H18ClF6N5O2. The molecule has 0 saturated carbocycles. The molecule has 1 aliphatic rings. The van der Waals surface area contributed by atoms with Gasteiger partial charge in [-0.2, -0.15) is 36.3 Å². The molecule has 0 aliphatic carbocycles. The number of aromatic amines is 1. The van der Waals surface area contributed by atoms with Gasteiger partial charge in [-0.3, -0.25) is 0 Å². The second-order valence-electron chi connectivity index (χ2n) is 7.85. The van der Waals surface area contributed by atoms with E-state index in [1.165, 1.54) is 4.90 Å². The molecule has 3 aromatic rings. The monoisotopic (exact) mass is 509 g/mol. The van der Waals surface area contributed by atoms with Crippen molar-refractivity contribution in [1.29, 1.82) is 0 Å². The van der Waals surface area contributed by atoms with Crippen molar-refractivity contribution < 1.29 is 36.6 Å². The molecule has 3 N–H and O–H groups in total. The lowest BCUT2D eigenvalue weighted by atomic mass is 9.93. The summed E-state index contributed by atoms with van der Waals surface area (Å²) >= 11 is 6.09. The number of H-pyrrole nitrogens is 1. The van der Waals surface area contributed by atoms with E-state index in [-0.39, 0.29) is 32.4 Å². The van der Waals surface area contributed by atoms with E-state index in [4.69, 9.17) is 16.7 Å². The minimum atomic E-state index is -5.23. The number of alkyl halides is 6. The molecule has 0 bridgehead atoms. The lowest BCUT2D eigenvalue weighted by molar-refractivity contribution is -0.155. The van der Waals surface area contributed by atoms with Crippen LogP contribution in [0.15, 0.2) is 18.2 Å². The fourth-order valence-corrected chi connectivity index (χ4v) is 4.27. The van der Waals surface area contributed by atoms with Crippen LogP contribution in [0.1, 0.15) is 41.8 Å². The average molecular weight is 510 g/mol. The molecule has 1 aromatic carbocycles. The van der Waals surface area contributed by atoms with E-state index in [0.717, 1.165) is 10.9 Å². The number of nitrogens with zero attached hydrogens (tertiary/aromatic N) is 4. The average Bonchev–Trinajstić information content (AvgIpc) is 3.11. The quantitative estimate of drug-likeness (QED) is 0.444. The van der Waals surface area contributed by atoms with Gasteiger partial charge < -0.3 is 20.1 Å². The number of anilines is 1. The number of fused-ring (bicyclic) bond motifs is 3. The third-order valence-corrected chi connectivity index (χ3v) is 5.79. The Morgan fingerprint density at radius 2 is 1.74 bits per heavy atom. The van der Waals surface area contributed by atoms with Gasteiger partial charge in [0.1, 0.15) is 0 Å². The smallest absolute Gasteiger partial charge is 0.396 e. The summed E-state index contributed by atoms with van der Waals surface area (Å²) in [6.07, 6.45) is -11.5. The molecule has 0 saturated heterocycles. The van der Waals surface area contributed by atoms with E-state index in [1.54, 1.807) is 18.2 Å². The summed E-state index contributed by atoms with van der Waals surface area (Å²) in [4.78, 5) is 13.5. The zero-order valence-corrected chi connectivity index (χ0v) is 18.0. The van der Waals surface area contributed by atoms with Gasteiger partial charge in [0.25, 0.3) is 0 Å². The number of aliphatic hydroxyl groups is 2. The Labute approximate surface area is 193 Å². The van der Waals surface area contributed by atoms with Crippen molar-refractivity contribution in [2.45, 2.75) is 43.8 Å². The first-order valence-electron chi connectivity index (χ1n) is 10.1. The second kappa shape index (κ2) is 8.86. The first-order chi connectivity index (χ1) is 15.9. The van der Waals surface area contributed by atoms with E-state index < -0.39 is 42.1 Å². The number of rotatable bonds is 5. The van der Waals surface area contributed by atoms with Gasteiger partial charge in [-0.25, -0.2) is 4.98 Å². The molecule has 0 radical (unpaired) electrons. The summed E-state index contributed by atoms with van der Waals surface area (Å²) in [6.45, 7) is -0.382. The van der Waals surface area contributed by atoms with Crippen molar-refractivity contribution in [3.8, 4) is 0 Å². The van der Waals surface area contributed by atoms with E-state index in [2.05, 4.69) is 19.9 Å². The predicted molar refractivity (Wildman–Crippen MR) is 109 cm³/mol. The van der Waals surface area contributed by atoms with Crippen LogP contribution in [-0.4, -0.2) is 49.4 Å². The molecule has 14 heteroatoms. The Morgan fingerprint density at radius 3 is 2.32 bits per heavy atom. The van der Waals surface area contributed by atoms with Gasteiger partial charge in [-0.05, 0) is 43.0 Å². The molecule has 0 fully saturated rings. The van der Waals surface area contributed by atoms with E-state index in [1.807, 2.05) is 0 Å². The number of benzene rings is 1. The third-order valence-electron chi connectivity index (χ3n) is 5.56.